The molecule has 2 heterocycles. The van der Waals surface area contributed by atoms with Crippen LogP contribution in [0.2, 0.25) is 0 Å². The molecule has 0 radical (unpaired) electrons. The van der Waals surface area contributed by atoms with Gasteiger partial charge >= 0.3 is 0 Å². The van der Waals surface area contributed by atoms with Crippen molar-refractivity contribution in [2.45, 2.75) is 13.3 Å². The van der Waals surface area contributed by atoms with Crippen LogP contribution in [0, 0.1) is 5.82 Å². The molecule has 2 aromatic carbocycles. The van der Waals surface area contributed by atoms with Gasteiger partial charge in [0.05, 0.1) is 10.4 Å². The van der Waals surface area contributed by atoms with Gasteiger partial charge in [0.2, 0.25) is 5.91 Å². The summed E-state index contributed by atoms with van der Waals surface area (Å²) < 4.78 is 14.0. The van der Waals surface area contributed by atoms with E-state index in [0.29, 0.717) is 43.3 Å². The van der Waals surface area contributed by atoms with Crippen molar-refractivity contribution < 1.29 is 18.8 Å². The lowest BCUT2D eigenvalue weighted by molar-refractivity contribution is -0.116. The Morgan fingerprint density at radius 1 is 0.972 bits per heavy atom. The van der Waals surface area contributed by atoms with Crippen molar-refractivity contribution in [3.8, 4) is 0 Å². The zero-order valence-electron chi connectivity index (χ0n) is 20.2. The van der Waals surface area contributed by atoms with Crippen LogP contribution in [0.15, 0.2) is 66.0 Å². The molecule has 0 spiro atoms. The van der Waals surface area contributed by atoms with E-state index in [0.717, 1.165) is 12.1 Å². The molecule has 7 nitrogen and oxygen atoms in total. The average molecular weight is 509 g/mol. The maximum absolute atomic E-state index is 14.0. The van der Waals surface area contributed by atoms with E-state index in [-0.39, 0.29) is 29.8 Å². The number of piperazine rings is 1. The Bertz CT molecular complexity index is 1190. The Morgan fingerprint density at radius 2 is 1.69 bits per heavy atom. The van der Waals surface area contributed by atoms with Gasteiger partial charge in [-0.25, -0.2) is 4.39 Å². The summed E-state index contributed by atoms with van der Waals surface area (Å²) in [7, 11) is 0. The van der Waals surface area contributed by atoms with Crippen molar-refractivity contribution in [1.82, 2.24) is 9.80 Å². The quantitative estimate of drug-likeness (QED) is 0.491. The predicted molar refractivity (Wildman–Crippen MR) is 140 cm³/mol. The first-order valence-corrected chi connectivity index (χ1v) is 12.9. The number of nitrogens with one attached hydrogen (secondary N) is 1. The summed E-state index contributed by atoms with van der Waals surface area (Å²) in [6, 6.07) is 17.1. The summed E-state index contributed by atoms with van der Waals surface area (Å²) in [5.74, 6) is -1.18. The first kappa shape index (κ1) is 25.4. The van der Waals surface area contributed by atoms with E-state index >= 15 is 0 Å². The minimum atomic E-state index is -0.503. The molecule has 3 amide bonds. The summed E-state index contributed by atoms with van der Waals surface area (Å²) in [6.07, 6.45) is 0.762. The minimum Gasteiger partial charge on any atom is -0.368 e. The second-order valence-corrected chi connectivity index (χ2v) is 9.51. The van der Waals surface area contributed by atoms with Crippen molar-refractivity contribution in [3.05, 3.63) is 82.3 Å². The second-order valence-electron chi connectivity index (χ2n) is 8.56. The van der Waals surface area contributed by atoms with Crippen molar-refractivity contribution in [2.24, 2.45) is 0 Å². The van der Waals surface area contributed by atoms with Crippen LogP contribution in [0.4, 0.5) is 15.8 Å². The average Bonchev–Trinajstić information content (AvgIpc) is 3.44. The summed E-state index contributed by atoms with van der Waals surface area (Å²) in [5.41, 5.74) is 1.73. The SMILES string of the molecule is CCCN(CC(=O)Nc1ccc(N2CCN(C(=O)c3ccccc3F)CC2)cc1)C(=O)c1cccs1. The predicted octanol–water partition coefficient (Wildman–Crippen LogP) is 4.34. The highest BCUT2D eigenvalue weighted by Crippen LogP contribution is 2.21. The van der Waals surface area contributed by atoms with Gasteiger partial charge in [-0.3, -0.25) is 14.4 Å². The molecule has 0 bridgehead atoms. The lowest BCUT2D eigenvalue weighted by Crippen LogP contribution is -2.49. The van der Waals surface area contributed by atoms with Gasteiger partial charge in [0, 0.05) is 44.1 Å². The van der Waals surface area contributed by atoms with E-state index in [4.69, 9.17) is 0 Å². The van der Waals surface area contributed by atoms with Crippen LogP contribution in [-0.4, -0.2) is 66.8 Å². The van der Waals surface area contributed by atoms with Crippen LogP contribution in [0.5, 0.6) is 0 Å². The minimum absolute atomic E-state index is 0.00960. The Hall–Kier alpha value is -3.72. The maximum Gasteiger partial charge on any atom is 0.264 e. The van der Waals surface area contributed by atoms with Gasteiger partial charge in [-0.05, 0) is 54.3 Å². The molecule has 9 heteroatoms. The molecule has 3 aromatic rings. The van der Waals surface area contributed by atoms with Crippen LogP contribution in [0.3, 0.4) is 0 Å². The standard InChI is InChI=1S/C27H29FN4O3S/c1-2-13-32(27(35)24-8-5-18-36-24)19-25(33)29-20-9-11-21(12-10-20)30-14-16-31(17-15-30)26(34)22-6-3-4-7-23(22)28/h3-12,18H,2,13-17,19H2,1H3,(H,29,33). The molecule has 4 rings (SSSR count). The molecule has 1 N–H and O–H groups in total. The fourth-order valence-corrected chi connectivity index (χ4v) is 4.87. The van der Waals surface area contributed by atoms with Gasteiger partial charge in [0.1, 0.15) is 12.4 Å². The number of carbonyl (C=O) groups excluding carboxylic acids is 3. The molecule has 1 aliphatic rings. The van der Waals surface area contributed by atoms with Crippen molar-refractivity contribution in [3.63, 3.8) is 0 Å². The Kier molecular flexibility index (Phi) is 8.32. The highest BCUT2D eigenvalue weighted by atomic mass is 32.1. The largest absolute Gasteiger partial charge is 0.368 e. The van der Waals surface area contributed by atoms with Crippen molar-refractivity contribution in [1.29, 1.82) is 0 Å². The molecular formula is C27H29FN4O3S. The smallest absolute Gasteiger partial charge is 0.264 e. The van der Waals surface area contributed by atoms with E-state index in [1.54, 1.807) is 28.0 Å². The summed E-state index contributed by atoms with van der Waals surface area (Å²) in [6.45, 7) is 4.72. The van der Waals surface area contributed by atoms with Gasteiger partial charge in [-0.2, -0.15) is 0 Å². The number of carbonyl (C=O) groups is 3. The number of rotatable bonds is 8. The Morgan fingerprint density at radius 3 is 2.33 bits per heavy atom. The van der Waals surface area contributed by atoms with E-state index < -0.39 is 5.82 Å². The lowest BCUT2D eigenvalue weighted by atomic mass is 10.1. The van der Waals surface area contributed by atoms with E-state index in [1.165, 1.54) is 23.5 Å². The highest BCUT2D eigenvalue weighted by molar-refractivity contribution is 7.12. The van der Waals surface area contributed by atoms with E-state index in [2.05, 4.69) is 10.2 Å². The number of halogens is 1. The second kappa shape index (κ2) is 11.8. The number of amides is 3. The molecule has 1 saturated heterocycles. The normalized spacial score (nSPS) is 13.4. The Labute approximate surface area is 214 Å². The third-order valence-corrected chi connectivity index (χ3v) is 6.89. The van der Waals surface area contributed by atoms with Crippen LogP contribution >= 0.6 is 11.3 Å². The third kappa shape index (κ3) is 6.09. The number of nitrogens with zero attached hydrogens (tertiary/aromatic N) is 3. The fraction of sp³-hybridized carbons (Fsp3) is 0.296. The number of anilines is 2. The number of benzene rings is 2. The first-order chi connectivity index (χ1) is 17.5. The fourth-order valence-electron chi connectivity index (χ4n) is 4.18. The topological polar surface area (TPSA) is 73.0 Å². The Balaban J connectivity index is 1.30. The van der Waals surface area contributed by atoms with Gasteiger partial charge < -0.3 is 20.0 Å². The monoisotopic (exact) mass is 508 g/mol. The van der Waals surface area contributed by atoms with E-state index in [9.17, 15) is 18.8 Å². The third-order valence-electron chi connectivity index (χ3n) is 6.03. The number of hydrogen-bond acceptors (Lipinski definition) is 5. The van der Waals surface area contributed by atoms with Crippen molar-refractivity contribution >= 4 is 40.4 Å². The molecule has 188 valence electrons. The van der Waals surface area contributed by atoms with Gasteiger partial charge in [0.15, 0.2) is 0 Å². The molecule has 0 atom stereocenters. The maximum atomic E-state index is 14.0. The van der Waals surface area contributed by atoms with Crippen LogP contribution < -0.4 is 10.2 Å². The summed E-state index contributed by atoms with van der Waals surface area (Å²) in [5, 5.41) is 4.72. The first-order valence-electron chi connectivity index (χ1n) is 12.0. The molecule has 36 heavy (non-hydrogen) atoms. The molecule has 1 aliphatic heterocycles. The molecule has 0 saturated carbocycles. The van der Waals surface area contributed by atoms with Crippen LogP contribution in [-0.2, 0) is 4.79 Å². The molecule has 0 aliphatic carbocycles. The zero-order chi connectivity index (χ0) is 25.5. The van der Waals surface area contributed by atoms with Gasteiger partial charge in [-0.1, -0.05) is 25.1 Å². The summed E-state index contributed by atoms with van der Waals surface area (Å²) >= 11 is 1.37. The molecule has 1 aromatic heterocycles. The van der Waals surface area contributed by atoms with Crippen molar-refractivity contribution in [2.75, 3.05) is 49.5 Å². The van der Waals surface area contributed by atoms with E-state index in [1.807, 2.05) is 42.6 Å². The lowest BCUT2D eigenvalue weighted by Gasteiger charge is -2.36. The molecule has 0 unspecified atom stereocenters. The van der Waals surface area contributed by atoms with Crippen LogP contribution in [0.1, 0.15) is 33.4 Å². The van der Waals surface area contributed by atoms with Gasteiger partial charge in [0.25, 0.3) is 11.8 Å². The zero-order valence-corrected chi connectivity index (χ0v) is 21.0. The highest BCUT2D eigenvalue weighted by Gasteiger charge is 2.24. The number of thiophene rings is 1. The van der Waals surface area contributed by atoms with Gasteiger partial charge in [-0.15, -0.1) is 11.3 Å². The summed E-state index contributed by atoms with van der Waals surface area (Å²) in [4.78, 5) is 43.9. The van der Waals surface area contributed by atoms with Crippen LogP contribution in [0.25, 0.3) is 0 Å². The number of hydrogen-bond donors (Lipinski definition) is 1. The molecule has 1 fully saturated rings. The molecular weight excluding hydrogens is 479 g/mol.